The number of hydrogen-bond acceptors (Lipinski definition) is 3. The molecule has 0 saturated carbocycles. The molecule has 0 aromatic heterocycles. The van der Waals surface area contributed by atoms with Gasteiger partial charge in [0.1, 0.15) is 5.75 Å². The van der Waals surface area contributed by atoms with Crippen LogP contribution in [0.3, 0.4) is 0 Å². The Kier molecular flexibility index (Phi) is 5.62. The highest BCUT2D eigenvalue weighted by Gasteiger charge is 2.31. The third-order valence-electron chi connectivity index (χ3n) is 2.83. The van der Waals surface area contributed by atoms with Crippen LogP contribution in [0, 0.1) is 0 Å². The molecule has 1 atom stereocenters. The summed E-state index contributed by atoms with van der Waals surface area (Å²) in [5.74, 6) is -0.217. The Bertz CT molecular complexity index is 378. The van der Waals surface area contributed by atoms with Crippen molar-refractivity contribution in [2.75, 3.05) is 20.1 Å². The third kappa shape index (κ3) is 5.08. The van der Waals surface area contributed by atoms with Crippen LogP contribution in [-0.2, 0) is 0 Å². The lowest BCUT2D eigenvalue weighted by Crippen LogP contribution is -2.31. The predicted molar refractivity (Wildman–Crippen MR) is 67.8 cm³/mol. The minimum atomic E-state index is -4.66. The van der Waals surface area contributed by atoms with Crippen molar-refractivity contribution in [2.45, 2.75) is 25.7 Å². The molecule has 0 amide bonds. The van der Waals surface area contributed by atoms with Crippen LogP contribution < -0.4 is 10.5 Å². The van der Waals surface area contributed by atoms with Crippen molar-refractivity contribution in [1.82, 2.24) is 4.90 Å². The van der Waals surface area contributed by atoms with E-state index < -0.39 is 6.36 Å². The topological polar surface area (TPSA) is 38.5 Å². The van der Waals surface area contributed by atoms with Crippen molar-refractivity contribution in [2.24, 2.45) is 5.73 Å². The average molecular weight is 276 g/mol. The second-order valence-electron chi connectivity index (χ2n) is 4.35. The molecule has 1 rings (SSSR count). The molecular formula is C13H19F3N2O. The zero-order chi connectivity index (χ0) is 14.5. The molecule has 0 bridgehead atoms. The first kappa shape index (κ1) is 15.8. The van der Waals surface area contributed by atoms with Gasteiger partial charge in [-0.1, -0.05) is 19.1 Å². The normalized spacial score (nSPS) is 13.6. The van der Waals surface area contributed by atoms with Gasteiger partial charge in [0.05, 0.1) is 0 Å². The van der Waals surface area contributed by atoms with E-state index in [1.807, 2.05) is 7.05 Å². The molecule has 0 spiro atoms. The monoisotopic (exact) mass is 276 g/mol. The molecule has 0 saturated heterocycles. The molecule has 3 nitrogen and oxygen atoms in total. The quantitative estimate of drug-likeness (QED) is 0.868. The van der Waals surface area contributed by atoms with E-state index in [1.54, 1.807) is 12.1 Å². The molecule has 1 aromatic carbocycles. The van der Waals surface area contributed by atoms with Crippen LogP contribution in [-0.4, -0.2) is 31.4 Å². The maximum absolute atomic E-state index is 12.0. The Morgan fingerprint density at radius 3 is 2.26 bits per heavy atom. The van der Waals surface area contributed by atoms with Crippen molar-refractivity contribution in [3.05, 3.63) is 29.8 Å². The number of likely N-dealkylation sites (N-methyl/N-ethyl adjacent to an activating group) is 1. The largest absolute Gasteiger partial charge is 0.573 e. The van der Waals surface area contributed by atoms with Crippen LogP contribution in [0.1, 0.15) is 24.9 Å². The molecular weight excluding hydrogens is 257 g/mol. The number of nitrogens with two attached hydrogens (primary N) is 1. The summed E-state index contributed by atoms with van der Waals surface area (Å²) in [6, 6.07) is 5.85. The van der Waals surface area contributed by atoms with Crippen molar-refractivity contribution >= 4 is 0 Å². The molecule has 6 heteroatoms. The molecule has 0 aliphatic heterocycles. The summed E-state index contributed by atoms with van der Waals surface area (Å²) in [7, 11) is 1.95. The van der Waals surface area contributed by atoms with Gasteiger partial charge in [-0.3, -0.25) is 4.90 Å². The lowest BCUT2D eigenvalue weighted by Gasteiger charge is -2.27. The minimum absolute atomic E-state index is 0.000105. The number of nitrogens with zero attached hydrogens (tertiary/aromatic N) is 1. The molecule has 0 fully saturated rings. The van der Waals surface area contributed by atoms with Gasteiger partial charge in [-0.15, -0.1) is 13.2 Å². The Hall–Kier alpha value is -1.27. The van der Waals surface area contributed by atoms with Crippen LogP contribution in [0.2, 0.25) is 0 Å². The zero-order valence-corrected chi connectivity index (χ0v) is 11.1. The van der Waals surface area contributed by atoms with Gasteiger partial charge in [0.25, 0.3) is 0 Å². The molecule has 2 N–H and O–H groups in total. The lowest BCUT2D eigenvalue weighted by molar-refractivity contribution is -0.274. The molecule has 1 unspecified atom stereocenters. The maximum Gasteiger partial charge on any atom is 0.573 e. The van der Waals surface area contributed by atoms with E-state index in [0.29, 0.717) is 6.54 Å². The van der Waals surface area contributed by atoms with Crippen molar-refractivity contribution in [3.63, 3.8) is 0 Å². The van der Waals surface area contributed by atoms with Gasteiger partial charge < -0.3 is 10.5 Å². The van der Waals surface area contributed by atoms with Gasteiger partial charge >= 0.3 is 6.36 Å². The summed E-state index contributed by atoms with van der Waals surface area (Å²) in [6.45, 7) is 3.35. The van der Waals surface area contributed by atoms with Crippen molar-refractivity contribution in [1.29, 1.82) is 0 Å². The fraction of sp³-hybridized carbons (Fsp3) is 0.538. The van der Waals surface area contributed by atoms with Crippen LogP contribution in [0.25, 0.3) is 0 Å². The average Bonchev–Trinajstić information content (AvgIpc) is 2.30. The van der Waals surface area contributed by atoms with E-state index in [9.17, 15) is 13.2 Å². The third-order valence-corrected chi connectivity index (χ3v) is 2.83. The summed E-state index contributed by atoms with van der Waals surface area (Å²) < 4.78 is 40.0. The lowest BCUT2D eigenvalue weighted by atomic mass is 10.1. The summed E-state index contributed by atoms with van der Waals surface area (Å²) in [5, 5.41) is 0. The van der Waals surface area contributed by atoms with Crippen LogP contribution >= 0.6 is 0 Å². The van der Waals surface area contributed by atoms with E-state index in [4.69, 9.17) is 5.73 Å². The second kappa shape index (κ2) is 6.77. The van der Waals surface area contributed by atoms with E-state index in [2.05, 4.69) is 16.6 Å². The highest BCUT2D eigenvalue weighted by atomic mass is 19.4. The first-order chi connectivity index (χ1) is 8.87. The number of rotatable bonds is 6. The molecule has 0 heterocycles. The fourth-order valence-corrected chi connectivity index (χ4v) is 1.97. The Morgan fingerprint density at radius 1 is 1.26 bits per heavy atom. The smallest absolute Gasteiger partial charge is 0.406 e. The Balaban J connectivity index is 2.78. The molecule has 108 valence electrons. The van der Waals surface area contributed by atoms with Crippen molar-refractivity contribution < 1.29 is 17.9 Å². The molecule has 19 heavy (non-hydrogen) atoms. The number of hydrogen-bond donors (Lipinski definition) is 1. The molecule has 0 aliphatic rings. The number of halogens is 3. The Labute approximate surface area is 111 Å². The first-order valence-corrected chi connectivity index (χ1v) is 6.13. The molecule has 0 radical (unpaired) electrons. The van der Waals surface area contributed by atoms with Gasteiger partial charge in [0.2, 0.25) is 0 Å². The fourth-order valence-electron chi connectivity index (χ4n) is 1.97. The SMILES string of the molecule is CCCN(C)C(CN)c1ccc(OC(F)(F)F)cc1. The highest BCUT2D eigenvalue weighted by Crippen LogP contribution is 2.25. The van der Waals surface area contributed by atoms with Crippen LogP contribution in [0.5, 0.6) is 5.75 Å². The van der Waals surface area contributed by atoms with E-state index in [1.165, 1.54) is 12.1 Å². The number of ether oxygens (including phenoxy) is 1. The van der Waals surface area contributed by atoms with Crippen LogP contribution in [0.15, 0.2) is 24.3 Å². The first-order valence-electron chi connectivity index (χ1n) is 6.13. The molecule has 0 aliphatic carbocycles. The summed E-state index contributed by atoms with van der Waals surface area (Å²) in [4.78, 5) is 2.08. The molecule has 1 aromatic rings. The van der Waals surface area contributed by atoms with Gasteiger partial charge in [-0.2, -0.15) is 0 Å². The second-order valence-corrected chi connectivity index (χ2v) is 4.35. The Morgan fingerprint density at radius 2 is 1.84 bits per heavy atom. The summed E-state index contributed by atoms with van der Waals surface area (Å²) in [6.07, 6.45) is -3.67. The van der Waals surface area contributed by atoms with Gasteiger partial charge in [0.15, 0.2) is 0 Å². The minimum Gasteiger partial charge on any atom is -0.406 e. The van der Waals surface area contributed by atoms with Gasteiger partial charge in [0, 0.05) is 12.6 Å². The maximum atomic E-state index is 12.0. The zero-order valence-electron chi connectivity index (χ0n) is 11.1. The standard InChI is InChI=1S/C13H19F3N2O/c1-3-8-18(2)12(9-17)10-4-6-11(7-5-10)19-13(14,15)16/h4-7,12H,3,8-9,17H2,1-2H3. The number of alkyl halides is 3. The van der Waals surface area contributed by atoms with E-state index in [-0.39, 0.29) is 11.8 Å². The van der Waals surface area contributed by atoms with Gasteiger partial charge in [-0.25, -0.2) is 0 Å². The highest BCUT2D eigenvalue weighted by molar-refractivity contribution is 5.29. The van der Waals surface area contributed by atoms with E-state index in [0.717, 1.165) is 18.5 Å². The van der Waals surface area contributed by atoms with Gasteiger partial charge in [-0.05, 0) is 37.7 Å². The predicted octanol–water partition coefficient (Wildman–Crippen LogP) is 2.93. The van der Waals surface area contributed by atoms with Crippen LogP contribution in [0.4, 0.5) is 13.2 Å². The summed E-state index contributed by atoms with van der Waals surface area (Å²) >= 11 is 0. The summed E-state index contributed by atoms with van der Waals surface area (Å²) in [5.41, 5.74) is 6.61. The van der Waals surface area contributed by atoms with Crippen molar-refractivity contribution in [3.8, 4) is 5.75 Å². The number of benzene rings is 1. The van der Waals surface area contributed by atoms with E-state index >= 15 is 0 Å².